The van der Waals surface area contributed by atoms with Crippen molar-refractivity contribution in [2.24, 2.45) is 5.10 Å². The number of nitrogens with two attached hydrogens (primary N) is 1. The van der Waals surface area contributed by atoms with E-state index in [9.17, 15) is 9.18 Å². The second kappa shape index (κ2) is 9.99. The van der Waals surface area contributed by atoms with Gasteiger partial charge in [-0.1, -0.05) is 23.4 Å². The van der Waals surface area contributed by atoms with E-state index in [1.165, 1.54) is 13.2 Å². The van der Waals surface area contributed by atoms with Gasteiger partial charge < -0.3 is 15.2 Å². The molecule has 0 saturated heterocycles. The summed E-state index contributed by atoms with van der Waals surface area (Å²) >= 11 is 0. The van der Waals surface area contributed by atoms with Crippen molar-refractivity contribution in [2.45, 2.75) is 20.5 Å². The van der Waals surface area contributed by atoms with Crippen LogP contribution in [0, 0.1) is 12.7 Å². The van der Waals surface area contributed by atoms with Crippen molar-refractivity contribution in [3.63, 3.8) is 0 Å². The fourth-order valence-corrected chi connectivity index (χ4v) is 3.14. The number of aryl methyl sites for hydroxylation is 1. The molecule has 12 nitrogen and oxygen atoms in total. The normalized spacial score (nSPS) is 11.4. The molecule has 1 amide bonds. The van der Waals surface area contributed by atoms with E-state index in [0.717, 1.165) is 4.68 Å². The van der Waals surface area contributed by atoms with Crippen LogP contribution in [0.5, 0.6) is 11.5 Å². The molecule has 2 aromatic heterocycles. The van der Waals surface area contributed by atoms with Crippen molar-refractivity contribution in [3.8, 4) is 17.3 Å². The van der Waals surface area contributed by atoms with Gasteiger partial charge in [0.1, 0.15) is 12.4 Å². The van der Waals surface area contributed by atoms with Crippen LogP contribution in [-0.4, -0.2) is 44.0 Å². The third kappa shape index (κ3) is 4.93. The molecular formula is C22H21FN8O4. The maximum absolute atomic E-state index is 13.9. The topological polar surface area (TPSA) is 156 Å². The molecule has 4 rings (SSSR count). The number of nitrogen functional groups attached to an aromatic ring is 1. The van der Waals surface area contributed by atoms with Crippen LogP contribution in [0.15, 0.2) is 52.2 Å². The quantitative estimate of drug-likeness (QED) is 0.286. The fourth-order valence-electron chi connectivity index (χ4n) is 3.14. The summed E-state index contributed by atoms with van der Waals surface area (Å²) in [6, 6.07) is 11.5. The number of rotatable bonds is 8. The zero-order chi connectivity index (χ0) is 24.9. The Morgan fingerprint density at radius 3 is 2.74 bits per heavy atom. The van der Waals surface area contributed by atoms with Crippen molar-refractivity contribution in [2.75, 3.05) is 12.8 Å². The van der Waals surface area contributed by atoms with Gasteiger partial charge in [-0.3, -0.25) is 4.79 Å². The SMILES string of the molecule is COc1cc(/C(C)=N/NC(=O)c2c(C)nnn2-c2nonc2N)ccc1OCc1ccccc1F. The molecule has 35 heavy (non-hydrogen) atoms. The van der Waals surface area contributed by atoms with Gasteiger partial charge in [0.2, 0.25) is 11.6 Å². The van der Waals surface area contributed by atoms with Gasteiger partial charge in [-0.25, -0.2) is 14.4 Å². The Balaban J connectivity index is 1.49. The van der Waals surface area contributed by atoms with E-state index < -0.39 is 5.91 Å². The number of nitrogens with zero attached hydrogens (tertiary/aromatic N) is 6. The number of hydrogen-bond acceptors (Lipinski definition) is 10. The maximum atomic E-state index is 13.9. The molecule has 0 spiro atoms. The Morgan fingerprint density at radius 2 is 2.03 bits per heavy atom. The summed E-state index contributed by atoms with van der Waals surface area (Å²) in [5.74, 6) is -0.102. The summed E-state index contributed by atoms with van der Waals surface area (Å²) in [5, 5.41) is 19.0. The monoisotopic (exact) mass is 480 g/mol. The first-order chi connectivity index (χ1) is 16.9. The molecule has 0 bridgehead atoms. The molecule has 0 fully saturated rings. The Labute approximate surface area is 198 Å². The molecular weight excluding hydrogens is 459 g/mol. The van der Waals surface area contributed by atoms with Crippen molar-refractivity contribution in [1.82, 2.24) is 30.7 Å². The Hall–Kier alpha value is -4.81. The summed E-state index contributed by atoms with van der Waals surface area (Å²) in [6.45, 7) is 3.35. The first-order valence-electron chi connectivity index (χ1n) is 10.3. The Kier molecular flexibility index (Phi) is 6.66. The van der Waals surface area contributed by atoms with Crippen LogP contribution in [0.2, 0.25) is 0 Å². The van der Waals surface area contributed by atoms with Crippen molar-refractivity contribution in [3.05, 3.63) is 70.8 Å². The third-order valence-corrected chi connectivity index (χ3v) is 5.00. The molecule has 0 aliphatic heterocycles. The number of nitrogens with one attached hydrogen (secondary N) is 1. The van der Waals surface area contributed by atoms with Gasteiger partial charge in [-0.2, -0.15) is 9.78 Å². The minimum absolute atomic E-state index is 0.0344. The number of amides is 1. The van der Waals surface area contributed by atoms with E-state index in [-0.39, 0.29) is 29.8 Å². The van der Waals surface area contributed by atoms with Gasteiger partial charge >= 0.3 is 0 Å². The van der Waals surface area contributed by atoms with Gasteiger partial charge in [0, 0.05) is 11.1 Å². The minimum atomic E-state index is -0.592. The molecule has 2 aromatic carbocycles. The fraction of sp³-hybridized carbons (Fsp3) is 0.182. The van der Waals surface area contributed by atoms with Crippen LogP contribution in [-0.2, 0) is 6.61 Å². The van der Waals surface area contributed by atoms with Crippen LogP contribution in [0.3, 0.4) is 0 Å². The maximum Gasteiger partial charge on any atom is 0.292 e. The number of benzene rings is 2. The van der Waals surface area contributed by atoms with Crippen LogP contribution in [0.4, 0.5) is 10.2 Å². The number of aromatic nitrogens is 5. The Morgan fingerprint density at radius 1 is 1.23 bits per heavy atom. The molecule has 2 heterocycles. The lowest BCUT2D eigenvalue weighted by molar-refractivity contribution is 0.0946. The van der Waals surface area contributed by atoms with E-state index in [1.807, 2.05) is 0 Å². The molecule has 0 aliphatic rings. The summed E-state index contributed by atoms with van der Waals surface area (Å²) in [6.07, 6.45) is 0. The summed E-state index contributed by atoms with van der Waals surface area (Å²) in [5.41, 5.74) is 10.1. The number of carbonyl (C=O) groups excluding carboxylic acids is 1. The second-order valence-corrected chi connectivity index (χ2v) is 7.29. The van der Waals surface area contributed by atoms with Crippen LogP contribution >= 0.6 is 0 Å². The number of hydrogen-bond donors (Lipinski definition) is 2. The highest BCUT2D eigenvalue weighted by molar-refractivity contribution is 6.01. The molecule has 0 aliphatic carbocycles. The predicted molar refractivity (Wildman–Crippen MR) is 122 cm³/mol. The molecule has 180 valence electrons. The summed E-state index contributed by atoms with van der Waals surface area (Å²) < 4.78 is 30.7. The number of anilines is 1. The number of hydrazone groups is 1. The standard InChI is InChI=1S/C22H21FN8O4/c1-12(25-27-22(32)19-13(2)26-30-31(19)21-20(24)28-35-29-21)14-8-9-17(18(10-14)33-3)34-11-15-6-4-5-7-16(15)23/h4-10H,11H2,1-3H3,(H2,24,28)(H,27,32)/b25-12+. The first kappa shape index (κ1) is 23.4. The second-order valence-electron chi connectivity index (χ2n) is 7.29. The number of carbonyl (C=O) groups is 1. The molecule has 0 unspecified atom stereocenters. The summed E-state index contributed by atoms with van der Waals surface area (Å²) in [4.78, 5) is 12.8. The largest absolute Gasteiger partial charge is 0.493 e. The van der Waals surface area contributed by atoms with E-state index in [0.29, 0.717) is 34.0 Å². The van der Waals surface area contributed by atoms with E-state index in [1.54, 1.807) is 50.2 Å². The minimum Gasteiger partial charge on any atom is -0.493 e. The van der Waals surface area contributed by atoms with Crippen molar-refractivity contribution < 1.29 is 23.3 Å². The van der Waals surface area contributed by atoms with Crippen LogP contribution < -0.4 is 20.6 Å². The molecule has 0 radical (unpaired) electrons. The average molecular weight is 480 g/mol. The van der Waals surface area contributed by atoms with E-state index in [4.69, 9.17) is 15.2 Å². The number of halogens is 1. The van der Waals surface area contributed by atoms with Gasteiger partial charge in [0.05, 0.1) is 18.5 Å². The lowest BCUT2D eigenvalue weighted by atomic mass is 10.1. The van der Waals surface area contributed by atoms with Gasteiger partial charge in [0.25, 0.3) is 5.91 Å². The Bertz CT molecular complexity index is 1400. The van der Waals surface area contributed by atoms with Gasteiger partial charge in [0.15, 0.2) is 17.2 Å². The molecule has 0 saturated carbocycles. The predicted octanol–water partition coefficient (Wildman–Crippen LogP) is 2.42. The van der Waals surface area contributed by atoms with E-state index >= 15 is 0 Å². The van der Waals surface area contributed by atoms with Crippen molar-refractivity contribution in [1.29, 1.82) is 0 Å². The van der Waals surface area contributed by atoms with E-state index in [2.05, 4.69) is 35.8 Å². The van der Waals surface area contributed by atoms with Crippen LogP contribution in [0.25, 0.3) is 5.82 Å². The lowest BCUT2D eigenvalue weighted by Crippen LogP contribution is -2.24. The van der Waals surface area contributed by atoms with Crippen molar-refractivity contribution >= 4 is 17.4 Å². The third-order valence-electron chi connectivity index (χ3n) is 5.00. The van der Waals surface area contributed by atoms with Gasteiger partial charge in [-0.05, 0) is 48.4 Å². The first-order valence-corrected chi connectivity index (χ1v) is 10.3. The molecule has 0 atom stereocenters. The molecule has 3 N–H and O–H groups in total. The average Bonchev–Trinajstić information content (AvgIpc) is 3.46. The highest BCUT2D eigenvalue weighted by Crippen LogP contribution is 2.29. The molecule has 4 aromatic rings. The zero-order valence-corrected chi connectivity index (χ0v) is 19.0. The smallest absolute Gasteiger partial charge is 0.292 e. The molecule has 13 heteroatoms. The highest BCUT2D eigenvalue weighted by atomic mass is 19.1. The zero-order valence-electron chi connectivity index (χ0n) is 19.0. The van der Waals surface area contributed by atoms with Gasteiger partial charge in [-0.15, -0.1) is 5.10 Å². The number of methoxy groups -OCH3 is 1. The highest BCUT2D eigenvalue weighted by Gasteiger charge is 2.23. The summed E-state index contributed by atoms with van der Waals surface area (Å²) in [7, 11) is 1.49. The number of ether oxygens (including phenoxy) is 2. The van der Waals surface area contributed by atoms with Crippen LogP contribution in [0.1, 0.15) is 34.2 Å². The lowest BCUT2D eigenvalue weighted by Gasteiger charge is -2.13.